The fourth-order valence-corrected chi connectivity index (χ4v) is 1.98. The average molecular weight is 387 g/mol. The van der Waals surface area contributed by atoms with E-state index in [0.717, 1.165) is 0 Å². The van der Waals surface area contributed by atoms with Crippen molar-refractivity contribution in [3.63, 3.8) is 0 Å². The van der Waals surface area contributed by atoms with Gasteiger partial charge in [-0.2, -0.15) is 0 Å². The van der Waals surface area contributed by atoms with Crippen LogP contribution in [0.5, 0.6) is 5.75 Å². The number of esters is 1. The third kappa shape index (κ3) is 6.44. The third-order valence-electron chi connectivity index (χ3n) is 2.89. The molecule has 0 heterocycles. The molecule has 4 nitrogen and oxygen atoms in total. The molecular formula is C17H20BrFO4. The first kappa shape index (κ1) is 19.2. The smallest absolute Gasteiger partial charge is 0.310 e. The summed E-state index contributed by atoms with van der Waals surface area (Å²) in [6.07, 6.45) is 2.13. The maximum Gasteiger partial charge on any atom is 0.310 e. The number of aliphatic hydroxyl groups excluding tert-OH is 1. The van der Waals surface area contributed by atoms with Gasteiger partial charge in [-0.05, 0) is 41.9 Å². The van der Waals surface area contributed by atoms with E-state index < -0.39 is 11.8 Å². The van der Waals surface area contributed by atoms with Gasteiger partial charge in [-0.3, -0.25) is 4.79 Å². The Morgan fingerprint density at radius 3 is 2.65 bits per heavy atom. The molecule has 0 amide bonds. The van der Waals surface area contributed by atoms with Gasteiger partial charge < -0.3 is 14.6 Å². The van der Waals surface area contributed by atoms with Gasteiger partial charge in [-0.25, -0.2) is 4.39 Å². The lowest BCUT2D eigenvalue weighted by Crippen LogP contribution is -2.09. The largest absolute Gasteiger partial charge is 0.511 e. The van der Waals surface area contributed by atoms with E-state index in [1.54, 1.807) is 13.0 Å². The summed E-state index contributed by atoms with van der Waals surface area (Å²) in [7, 11) is 0. The van der Waals surface area contributed by atoms with Crippen LogP contribution in [0.3, 0.4) is 0 Å². The van der Waals surface area contributed by atoms with Crippen molar-refractivity contribution in [1.82, 2.24) is 0 Å². The highest BCUT2D eigenvalue weighted by Crippen LogP contribution is 2.25. The number of benzene rings is 1. The molecule has 0 unspecified atom stereocenters. The molecule has 126 valence electrons. The van der Waals surface area contributed by atoms with E-state index in [9.17, 15) is 14.3 Å². The summed E-state index contributed by atoms with van der Waals surface area (Å²) in [6.45, 7) is 5.40. The molecule has 0 aromatic heterocycles. The Kier molecular flexibility index (Phi) is 7.81. The summed E-state index contributed by atoms with van der Waals surface area (Å²) in [6, 6.07) is 3.99. The van der Waals surface area contributed by atoms with Crippen molar-refractivity contribution in [3.05, 3.63) is 51.7 Å². The number of aliphatic hydroxyl groups is 1. The topological polar surface area (TPSA) is 55.8 Å². The highest BCUT2D eigenvalue weighted by molar-refractivity contribution is 9.11. The Bertz CT molecular complexity index is 619. The maximum atomic E-state index is 13.5. The summed E-state index contributed by atoms with van der Waals surface area (Å²) < 4.78 is 24.6. The van der Waals surface area contributed by atoms with E-state index in [1.807, 2.05) is 6.92 Å². The predicted molar refractivity (Wildman–Crippen MR) is 90.0 cm³/mol. The van der Waals surface area contributed by atoms with Crippen molar-refractivity contribution in [1.29, 1.82) is 0 Å². The maximum absolute atomic E-state index is 13.5. The molecule has 0 radical (unpaired) electrons. The summed E-state index contributed by atoms with van der Waals surface area (Å²) in [5.74, 6) is 0.00263. The molecule has 0 saturated carbocycles. The number of ether oxygens (including phenoxy) is 2. The first-order valence-electron chi connectivity index (χ1n) is 7.25. The zero-order valence-corrected chi connectivity index (χ0v) is 14.9. The average Bonchev–Trinajstić information content (AvgIpc) is 2.49. The van der Waals surface area contributed by atoms with Crippen molar-refractivity contribution in [3.8, 4) is 5.75 Å². The minimum Gasteiger partial charge on any atom is -0.511 e. The van der Waals surface area contributed by atoms with Crippen molar-refractivity contribution < 1.29 is 23.8 Å². The highest BCUT2D eigenvalue weighted by Gasteiger charge is 2.13. The molecule has 0 aliphatic carbocycles. The Morgan fingerprint density at radius 1 is 1.39 bits per heavy atom. The van der Waals surface area contributed by atoms with Crippen LogP contribution in [0, 0.1) is 5.82 Å². The molecular weight excluding hydrogens is 367 g/mol. The molecule has 0 aliphatic heterocycles. The quantitative estimate of drug-likeness (QED) is 0.415. The van der Waals surface area contributed by atoms with Crippen LogP contribution in [0.4, 0.5) is 4.39 Å². The fourth-order valence-electron chi connectivity index (χ4n) is 1.73. The van der Waals surface area contributed by atoms with Gasteiger partial charge in [0, 0.05) is 18.1 Å². The number of halogens is 2. The van der Waals surface area contributed by atoms with Crippen LogP contribution in [-0.4, -0.2) is 17.7 Å². The van der Waals surface area contributed by atoms with E-state index in [1.165, 1.54) is 25.1 Å². The lowest BCUT2D eigenvalue weighted by molar-refractivity contribution is -0.142. The molecule has 1 rings (SSSR count). The van der Waals surface area contributed by atoms with Crippen LogP contribution in [0.1, 0.15) is 32.8 Å². The molecule has 0 bridgehead atoms. The fraction of sp³-hybridized carbons (Fsp3) is 0.353. The summed E-state index contributed by atoms with van der Waals surface area (Å²) >= 11 is 3.22. The summed E-state index contributed by atoms with van der Waals surface area (Å²) in [4.78, 5) is 11.6. The van der Waals surface area contributed by atoms with Crippen LogP contribution in [-0.2, 0) is 16.0 Å². The van der Waals surface area contributed by atoms with Crippen LogP contribution in [0.15, 0.2) is 40.3 Å². The first-order valence-corrected chi connectivity index (χ1v) is 8.04. The normalized spacial score (nSPS) is 12.7. The zero-order chi connectivity index (χ0) is 17.4. The van der Waals surface area contributed by atoms with Gasteiger partial charge in [-0.15, -0.1) is 0 Å². The Labute approximate surface area is 143 Å². The Hall–Kier alpha value is -1.82. The second-order valence-electron chi connectivity index (χ2n) is 4.73. The molecule has 23 heavy (non-hydrogen) atoms. The lowest BCUT2D eigenvalue weighted by atomic mass is 10.1. The van der Waals surface area contributed by atoms with Crippen molar-refractivity contribution in [2.24, 2.45) is 0 Å². The van der Waals surface area contributed by atoms with Crippen LogP contribution >= 0.6 is 15.9 Å². The van der Waals surface area contributed by atoms with Crippen molar-refractivity contribution in [2.75, 3.05) is 6.61 Å². The van der Waals surface area contributed by atoms with Gasteiger partial charge in [0.25, 0.3) is 0 Å². The molecule has 1 aromatic rings. The molecule has 0 spiro atoms. The molecule has 0 aliphatic rings. The second kappa shape index (κ2) is 9.35. The molecule has 0 saturated heterocycles. The number of carbonyl (C=O) groups is 1. The summed E-state index contributed by atoms with van der Waals surface area (Å²) in [5, 5.41) is 9.42. The van der Waals surface area contributed by atoms with Crippen LogP contribution in [0.25, 0.3) is 0 Å². The molecule has 0 fully saturated rings. The van der Waals surface area contributed by atoms with Gasteiger partial charge in [0.15, 0.2) is 0 Å². The minimum absolute atomic E-state index is 0.00349. The lowest BCUT2D eigenvalue weighted by Gasteiger charge is -2.13. The number of hydrogen-bond donors (Lipinski definition) is 1. The number of hydrogen-bond acceptors (Lipinski definition) is 4. The van der Waals surface area contributed by atoms with Gasteiger partial charge >= 0.3 is 5.97 Å². The van der Waals surface area contributed by atoms with Gasteiger partial charge in [-0.1, -0.05) is 13.0 Å². The van der Waals surface area contributed by atoms with Crippen molar-refractivity contribution in [2.45, 2.75) is 33.6 Å². The molecule has 0 atom stereocenters. The number of rotatable bonds is 7. The molecule has 6 heteroatoms. The third-order valence-corrected chi connectivity index (χ3v) is 3.69. The Balaban J connectivity index is 3.08. The first-order chi connectivity index (χ1) is 10.9. The van der Waals surface area contributed by atoms with Crippen molar-refractivity contribution >= 4 is 21.9 Å². The predicted octanol–water partition coefficient (Wildman–Crippen LogP) is 4.79. The SMILES string of the molecule is CCOC(=O)Cc1ccc(F)cc1O/C(=C/C(Br)=C(\C)O)CC. The monoisotopic (exact) mass is 386 g/mol. The minimum atomic E-state index is -0.462. The van der Waals surface area contributed by atoms with E-state index >= 15 is 0 Å². The zero-order valence-electron chi connectivity index (χ0n) is 13.4. The van der Waals surface area contributed by atoms with E-state index in [2.05, 4.69) is 15.9 Å². The van der Waals surface area contributed by atoms with E-state index in [0.29, 0.717) is 22.2 Å². The second-order valence-corrected chi connectivity index (χ2v) is 5.59. The Morgan fingerprint density at radius 2 is 2.09 bits per heavy atom. The van der Waals surface area contributed by atoms with Gasteiger partial charge in [0.2, 0.25) is 0 Å². The van der Waals surface area contributed by atoms with E-state index in [4.69, 9.17) is 9.47 Å². The molecule has 1 N–H and O–H groups in total. The summed E-state index contributed by atoms with van der Waals surface area (Å²) in [5.41, 5.74) is 0.532. The standard InChI is InChI=1S/C17H20BrFO4/c1-4-14(10-15(18)11(3)20)23-16-9-13(19)7-6-12(16)8-17(21)22-5-2/h6-7,9-10,20H,4-5,8H2,1-3H3/b14-10+,15-11-. The highest BCUT2D eigenvalue weighted by atomic mass is 79.9. The van der Waals surface area contributed by atoms with Crippen LogP contribution in [0.2, 0.25) is 0 Å². The van der Waals surface area contributed by atoms with Crippen LogP contribution < -0.4 is 4.74 Å². The van der Waals surface area contributed by atoms with Gasteiger partial charge in [0.1, 0.15) is 23.1 Å². The number of allylic oxidation sites excluding steroid dienone is 4. The van der Waals surface area contributed by atoms with Gasteiger partial charge in [0.05, 0.1) is 17.5 Å². The van der Waals surface area contributed by atoms with E-state index in [-0.39, 0.29) is 24.5 Å². The molecule has 1 aromatic carbocycles. The number of carbonyl (C=O) groups excluding carboxylic acids is 1.